The van der Waals surface area contributed by atoms with E-state index in [0.717, 1.165) is 21.2 Å². The lowest BCUT2D eigenvalue weighted by atomic mass is 9.79. The van der Waals surface area contributed by atoms with Crippen molar-refractivity contribution in [3.05, 3.63) is 58.6 Å². The lowest BCUT2D eigenvalue weighted by Gasteiger charge is -2.32. The highest BCUT2D eigenvalue weighted by Gasteiger charge is 2.51. The van der Waals surface area contributed by atoms with Gasteiger partial charge in [0.1, 0.15) is 12.4 Å². The summed E-state index contributed by atoms with van der Waals surface area (Å²) in [5.74, 6) is 0.805. The molecule has 1 saturated heterocycles. The molecule has 1 aliphatic rings. The molecule has 1 fully saturated rings. The van der Waals surface area contributed by atoms with Crippen LogP contribution in [0.2, 0.25) is 0 Å². The zero-order valence-corrected chi connectivity index (χ0v) is 17.9. The highest BCUT2D eigenvalue weighted by atomic mass is 79.9. The minimum absolute atomic E-state index is 0.335. The van der Waals surface area contributed by atoms with E-state index >= 15 is 0 Å². The van der Waals surface area contributed by atoms with Crippen LogP contribution in [-0.4, -0.2) is 31.5 Å². The van der Waals surface area contributed by atoms with E-state index in [0.29, 0.717) is 19.8 Å². The van der Waals surface area contributed by atoms with Crippen molar-refractivity contribution in [1.29, 1.82) is 0 Å². The zero-order chi connectivity index (χ0) is 19.5. The molecule has 3 rings (SSSR count). The van der Waals surface area contributed by atoms with Gasteiger partial charge in [-0.15, -0.1) is 0 Å². The van der Waals surface area contributed by atoms with Crippen molar-refractivity contribution in [1.82, 2.24) is 0 Å². The minimum Gasteiger partial charge on any atom is -0.491 e. The normalized spacial score (nSPS) is 17.9. The summed E-state index contributed by atoms with van der Waals surface area (Å²) in [6.07, 6.45) is 0. The third-order valence-corrected chi connectivity index (χ3v) is 5.89. The Kier molecular flexibility index (Phi) is 6.31. The molecule has 0 aromatic heterocycles. The summed E-state index contributed by atoms with van der Waals surface area (Å²) in [6, 6.07) is 15.9. The summed E-state index contributed by atoms with van der Waals surface area (Å²) in [5, 5.41) is 0. The van der Waals surface area contributed by atoms with Crippen LogP contribution in [0.25, 0.3) is 0 Å². The van der Waals surface area contributed by atoms with Gasteiger partial charge in [0, 0.05) is 4.47 Å². The second-order valence-electron chi connectivity index (χ2n) is 7.65. The fraction of sp³-hybridized carbons (Fsp3) is 0.429. The Balaban J connectivity index is 1.44. The second kappa shape index (κ2) is 8.35. The monoisotopic (exact) mass is 432 g/mol. The standard InChI is InChI=1S/C21H26BBrO4/c1-20(2)21(3,4)27-22(26-20)17-9-11-18(12-10-17)25-14-13-24-15-16-7-5-6-8-19(16)23/h5-12H,13-15H2,1-4H3. The number of hydrogen-bond donors (Lipinski definition) is 0. The largest absolute Gasteiger partial charge is 0.494 e. The molecule has 2 aromatic carbocycles. The molecule has 0 aliphatic carbocycles. The van der Waals surface area contributed by atoms with Gasteiger partial charge in [0.15, 0.2) is 0 Å². The van der Waals surface area contributed by atoms with Crippen LogP contribution in [0.4, 0.5) is 0 Å². The highest BCUT2D eigenvalue weighted by Crippen LogP contribution is 2.36. The quantitative estimate of drug-likeness (QED) is 0.481. The van der Waals surface area contributed by atoms with E-state index in [1.54, 1.807) is 0 Å². The number of ether oxygens (including phenoxy) is 2. The summed E-state index contributed by atoms with van der Waals surface area (Å²) in [7, 11) is -0.350. The molecule has 0 N–H and O–H groups in total. The van der Waals surface area contributed by atoms with Gasteiger partial charge >= 0.3 is 7.12 Å². The van der Waals surface area contributed by atoms with Crippen molar-refractivity contribution in [3.63, 3.8) is 0 Å². The van der Waals surface area contributed by atoms with Gasteiger partial charge < -0.3 is 18.8 Å². The second-order valence-corrected chi connectivity index (χ2v) is 8.50. The number of halogens is 1. The van der Waals surface area contributed by atoms with E-state index in [-0.39, 0.29) is 18.3 Å². The first kappa shape index (κ1) is 20.4. The third-order valence-electron chi connectivity index (χ3n) is 5.12. The van der Waals surface area contributed by atoms with E-state index in [9.17, 15) is 0 Å². The third kappa shape index (κ3) is 4.94. The predicted octanol–water partition coefficient (Wildman–Crippen LogP) is 4.34. The first-order valence-electron chi connectivity index (χ1n) is 9.18. The van der Waals surface area contributed by atoms with E-state index in [4.69, 9.17) is 18.8 Å². The van der Waals surface area contributed by atoms with Crippen molar-refractivity contribution in [3.8, 4) is 5.75 Å². The molecule has 0 amide bonds. The molecule has 0 unspecified atom stereocenters. The topological polar surface area (TPSA) is 36.9 Å². The van der Waals surface area contributed by atoms with Gasteiger partial charge in [0.25, 0.3) is 0 Å². The van der Waals surface area contributed by atoms with Crippen molar-refractivity contribution in [2.45, 2.75) is 45.5 Å². The van der Waals surface area contributed by atoms with Crippen molar-refractivity contribution < 1.29 is 18.8 Å². The summed E-state index contributed by atoms with van der Waals surface area (Å²) >= 11 is 3.52. The Morgan fingerprint density at radius 2 is 1.52 bits per heavy atom. The molecule has 2 aromatic rings. The van der Waals surface area contributed by atoms with Crippen LogP contribution in [0.1, 0.15) is 33.3 Å². The lowest BCUT2D eigenvalue weighted by molar-refractivity contribution is 0.00578. The molecule has 27 heavy (non-hydrogen) atoms. The number of hydrogen-bond acceptors (Lipinski definition) is 4. The molecule has 1 aliphatic heterocycles. The first-order chi connectivity index (χ1) is 12.8. The maximum absolute atomic E-state index is 6.07. The summed E-state index contributed by atoms with van der Waals surface area (Å²) in [6.45, 7) is 9.81. The van der Waals surface area contributed by atoms with Crippen LogP contribution < -0.4 is 10.2 Å². The molecule has 0 saturated carbocycles. The summed E-state index contributed by atoms with van der Waals surface area (Å²) in [5.41, 5.74) is 1.45. The Bertz CT molecular complexity index is 745. The molecule has 4 nitrogen and oxygen atoms in total. The lowest BCUT2D eigenvalue weighted by Crippen LogP contribution is -2.41. The molecular weight excluding hydrogens is 407 g/mol. The maximum Gasteiger partial charge on any atom is 0.494 e. The van der Waals surface area contributed by atoms with Crippen molar-refractivity contribution >= 4 is 28.5 Å². The van der Waals surface area contributed by atoms with Crippen molar-refractivity contribution in [2.24, 2.45) is 0 Å². The van der Waals surface area contributed by atoms with Gasteiger partial charge in [0.2, 0.25) is 0 Å². The molecule has 0 bridgehead atoms. The van der Waals surface area contributed by atoms with Gasteiger partial charge in [-0.25, -0.2) is 0 Å². The van der Waals surface area contributed by atoms with Gasteiger partial charge in [-0.1, -0.05) is 46.3 Å². The molecule has 0 radical (unpaired) electrons. The molecule has 6 heteroatoms. The molecule has 0 spiro atoms. The molecule has 144 valence electrons. The molecular formula is C21H26BBrO4. The summed E-state index contributed by atoms with van der Waals surface area (Å²) < 4.78 is 24.6. The van der Waals surface area contributed by atoms with Gasteiger partial charge in [-0.3, -0.25) is 0 Å². The SMILES string of the molecule is CC1(C)OB(c2ccc(OCCOCc3ccccc3Br)cc2)OC1(C)C. The maximum atomic E-state index is 6.07. The molecule has 1 heterocycles. The van der Waals surface area contributed by atoms with Gasteiger partial charge in [-0.2, -0.15) is 0 Å². The summed E-state index contributed by atoms with van der Waals surface area (Å²) in [4.78, 5) is 0. The number of rotatable bonds is 7. The van der Waals surface area contributed by atoms with E-state index < -0.39 is 0 Å². The van der Waals surface area contributed by atoms with E-state index in [1.165, 1.54) is 0 Å². The van der Waals surface area contributed by atoms with Gasteiger partial charge in [-0.05, 0) is 56.9 Å². The Morgan fingerprint density at radius 1 is 0.889 bits per heavy atom. The fourth-order valence-corrected chi connectivity index (χ4v) is 3.12. The highest BCUT2D eigenvalue weighted by molar-refractivity contribution is 9.10. The van der Waals surface area contributed by atoms with Crippen LogP contribution >= 0.6 is 15.9 Å². The van der Waals surface area contributed by atoms with E-state index in [1.807, 2.05) is 48.5 Å². The average Bonchev–Trinajstić information content (AvgIpc) is 2.84. The zero-order valence-electron chi connectivity index (χ0n) is 16.3. The van der Waals surface area contributed by atoms with Crippen LogP contribution in [-0.2, 0) is 20.7 Å². The Labute approximate surface area is 170 Å². The minimum atomic E-state index is -0.350. The van der Waals surface area contributed by atoms with E-state index in [2.05, 4.69) is 43.6 Å². The first-order valence-corrected chi connectivity index (χ1v) is 9.97. The van der Waals surface area contributed by atoms with Gasteiger partial charge in [0.05, 0.1) is 24.4 Å². The van der Waals surface area contributed by atoms with Crippen LogP contribution in [0.5, 0.6) is 5.75 Å². The van der Waals surface area contributed by atoms with Crippen LogP contribution in [0.3, 0.4) is 0 Å². The van der Waals surface area contributed by atoms with Crippen LogP contribution in [0, 0.1) is 0 Å². The van der Waals surface area contributed by atoms with Crippen LogP contribution in [0.15, 0.2) is 53.0 Å². The fourth-order valence-electron chi connectivity index (χ4n) is 2.72. The predicted molar refractivity (Wildman–Crippen MR) is 111 cm³/mol. The Hall–Kier alpha value is -1.34. The number of benzene rings is 2. The Morgan fingerprint density at radius 3 is 2.15 bits per heavy atom. The average molecular weight is 433 g/mol. The smallest absolute Gasteiger partial charge is 0.491 e. The molecule has 0 atom stereocenters. The van der Waals surface area contributed by atoms with Crippen molar-refractivity contribution in [2.75, 3.05) is 13.2 Å².